The Morgan fingerprint density at radius 2 is 2.23 bits per heavy atom. The van der Waals surface area contributed by atoms with Crippen LogP contribution in [0.15, 0.2) is 12.4 Å². The quantitative estimate of drug-likeness (QED) is 0.736. The van der Waals surface area contributed by atoms with Gasteiger partial charge in [-0.2, -0.15) is 9.19 Å². The van der Waals surface area contributed by atoms with Crippen LogP contribution in [0, 0.1) is 6.92 Å². The third-order valence-electron chi connectivity index (χ3n) is 1.73. The Balaban J connectivity index is 2.82. The molecule has 0 aliphatic heterocycles. The number of unbranched alkanes of at least 4 members (excludes halogenated alkanes) is 1. The minimum Gasteiger partial charge on any atom is -0.205 e. The summed E-state index contributed by atoms with van der Waals surface area (Å²) in [6.07, 6.45) is 4.63. The Morgan fingerprint density at radius 1 is 1.54 bits per heavy atom. The second-order valence-electron chi connectivity index (χ2n) is 3.06. The van der Waals surface area contributed by atoms with Gasteiger partial charge in [-0.15, -0.1) is 0 Å². The molecule has 0 saturated heterocycles. The summed E-state index contributed by atoms with van der Waals surface area (Å²) < 4.78 is 24.1. The molecular weight excluding hydrogens is 188 g/mol. The molecule has 0 unspecified atom stereocenters. The largest absolute Gasteiger partial charge is 0.253 e. The van der Waals surface area contributed by atoms with Crippen molar-refractivity contribution in [1.29, 1.82) is 0 Å². The zero-order chi connectivity index (χ0) is 9.90. The lowest BCUT2D eigenvalue weighted by Gasteiger charge is -2.01. The SMILES string of the molecule is CCCCS(=O)(=O)n1cc(C)cn1. The monoisotopic (exact) mass is 202 g/mol. The van der Waals surface area contributed by atoms with Gasteiger partial charge in [0.05, 0.1) is 11.9 Å². The molecule has 4 nitrogen and oxygen atoms in total. The van der Waals surface area contributed by atoms with Gasteiger partial charge in [0.2, 0.25) is 0 Å². The van der Waals surface area contributed by atoms with E-state index in [1.165, 1.54) is 6.20 Å². The normalized spacial score (nSPS) is 11.8. The maximum atomic E-state index is 11.5. The van der Waals surface area contributed by atoms with Crippen molar-refractivity contribution < 1.29 is 8.42 Å². The zero-order valence-electron chi connectivity index (χ0n) is 7.90. The molecule has 1 aromatic heterocycles. The van der Waals surface area contributed by atoms with E-state index in [0.717, 1.165) is 16.1 Å². The van der Waals surface area contributed by atoms with Crippen molar-refractivity contribution in [3.8, 4) is 0 Å². The molecule has 0 N–H and O–H groups in total. The van der Waals surface area contributed by atoms with Gasteiger partial charge in [-0.3, -0.25) is 0 Å². The minimum absolute atomic E-state index is 0.171. The summed E-state index contributed by atoms with van der Waals surface area (Å²) in [6, 6.07) is 0. The van der Waals surface area contributed by atoms with Crippen LogP contribution >= 0.6 is 0 Å². The summed E-state index contributed by atoms with van der Waals surface area (Å²) in [6.45, 7) is 3.78. The maximum absolute atomic E-state index is 11.5. The number of aromatic nitrogens is 2. The van der Waals surface area contributed by atoms with Crippen LogP contribution in [0.4, 0.5) is 0 Å². The molecule has 0 fully saturated rings. The predicted molar refractivity (Wildman–Crippen MR) is 51.1 cm³/mol. The molecule has 0 atom stereocenters. The smallest absolute Gasteiger partial charge is 0.205 e. The summed E-state index contributed by atoms with van der Waals surface area (Å²) in [4.78, 5) is 0. The number of aryl methyl sites for hydroxylation is 1. The van der Waals surface area contributed by atoms with Crippen molar-refractivity contribution in [2.45, 2.75) is 26.7 Å². The van der Waals surface area contributed by atoms with Crippen LogP contribution < -0.4 is 0 Å². The summed E-state index contributed by atoms with van der Waals surface area (Å²) >= 11 is 0. The first-order valence-corrected chi connectivity index (χ1v) is 5.91. The fourth-order valence-electron chi connectivity index (χ4n) is 0.961. The lowest BCUT2D eigenvalue weighted by Crippen LogP contribution is -2.16. The van der Waals surface area contributed by atoms with E-state index in [9.17, 15) is 8.42 Å². The van der Waals surface area contributed by atoms with E-state index in [1.54, 1.807) is 6.20 Å². The topological polar surface area (TPSA) is 52.0 Å². The number of rotatable bonds is 4. The van der Waals surface area contributed by atoms with E-state index in [1.807, 2.05) is 13.8 Å². The Morgan fingerprint density at radius 3 is 2.69 bits per heavy atom. The molecule has 0 aromatic carbocycles. The van der Waals surface area contributed by atoms with Gasteiger partial charge in [0, 0.05) is 6.20 Å². The predicted octanol–water partition coefficient (Wildman–Crippen LogP) is 1.17. The molecule has 1 rings (SSSR count). The Bertz CT molecular complexity index is 367. The fourth-order valence-corrected chi connectivity index (χ4v) is 2.32. The molecule has 0 aliphatic carbocycles. The van der Waals surface area contributed by atoms with Gasteiger partial charge in [-0.05, 0) is 18.9 Å². The molecule has 13 heavy (non-hydrogen) atoms. The van der Waals surface area contributed by atoms with Crippen molar-refractivity contribution >= 4 is 10.0 Å². The Kier molecular flexibility index (Phi) is 3.08. The molecule has 0 aliphatic rings. The molecule has 1 heterocycles. The van der Waals surface area contributed by atoms with Crippen LogP contribution in [0.1, 0.15) is 25.3 Å². The number of nitrogens with zero attached hydrogens (tertiary/aromatic N) is 2. The van der Waals surface area contributed by atoms with Gasteiger partial charge >= 0.3 is 0 Å². The van der Waals surface area contributed by atoms with E-state index in [-0.39, 0.29) is 5.75 Å². The van der Waals surface area contributed by atoms with E-state index in [0.29, 0.717) is 6.42 Å². The van der Waals surface area contributed by atoms with Gasteiger partial charge in [0.1, 0.15) is 0 Å². The number of hydrogen-bond donors (Lipinski definition) is 0. The first-order chi connectivity index (χ1) is 6.06. The Hall–Kier alpha value is -0.840. The van der Waals surface area contributed by atoms with E-state index in [4.69, 9.17) is 0 Å². The van der Waals surface area contributed by atoms with Crippen molar-refractivity contribution in [2.24, 2.45) is 0 Å². The van der Waals surface area contributed by atoms with Crippen molar-refractivity contribution in [3.05, 3.63) is 18.0 Å². The van der Waals surface area contributed by atoms with E-state index in [2.05, 4.69) is 5.10 Å². The van der Waals surface area contributed by atoms with Crippen molar-refractivity contribution in [2.75, 3.05) is 5.75 Å². The molecule has 5 heteroatoms. The number of hydrogen-bond acceptors (Lipinski definition) is 3. The first kappa shape index (κ1) is 10.2. The van der Waals surface area contributed by atoms with Crippen LogP contribution in [0.3, 0.4) is 0 Å². The highest BCUT2D eigenvalue weighted by Crippen LogP contribution is 2.02. The highest BCUT2D eigenvalue weighted by Gasteiger charge is 2.12. The van der Waals surface area contributed by atoms with Crippen LogP contribution in [0.25, 0.3) is 0 Å². The molecule has 1 aromatic rings. The first-order valence-electron chi connectivity index (χ1n) is 4.31. The molecule has 0 amide bonds. The van der Waals surface area contributed by atoms with Gasteiger partial charge in [-0.25, -0.2) is 8.42 Å². The highest BCUT2D eigenvalue weighted by atomic mass is 32.2. The van der Waals surface area contributed by atoms with Gasteiger partial charge in [-0.1, -0.05) is 13.3 Å². The summed E-state index contributed by atoms with van der Waals surface area (Å²) in [5, 5.41) is 3.77. The lowest BCUT2D eigenvalue weighted by molar-refractivity contribution is 0.576. The average Bonchev–Trinajstić information content (AvgIpc) is 2.49. The van der Waals surface area contributed by atoms with Crippen LogP contribution in [-0.4, -0.2) is 23.4 Å². The van der Waals surface area contributed by atoms with Crippen LogP contribution in [0.2, 0.25) is 0 Å². The molecule has 74 valence electrons. The van der Waals surface area contributed by atoms with Gasteiger partial charge < -0.3 is 0 Å². The van der Waals surface area contributed by atoms with Gasteiger partial charge in [0.15, 0.2) is 0 Å². The highest BCUT2D eigenvalue weighted by molar-refractivity contribution is 7.89. The molecule has 0 spiro atoms. The summed E-state index contributed by atoms with van der Waals surface area (Å²) in [5.41, 5.74) is 0.861. The Labute approximate surface area is 78.6 Å². The lowest BCUT2D eigenvalue weighted by atomic mass is 10.4. The fraction of sp³-hybridized carbons (Fsp3) is 0.625. The van der Waals surface area contributed by atoms with Crippen molar-refractivity contribution in [3.63, 3.8) is 0 Å². The minimum atomic E-state index is -3.20. The second kappa shape index (κ2) is 3.91. The average molecular weight is 202 g/mol. The van der Waals surface area contributed by atoms with Crippen LogP contribution in [-0.2, 0) is 10.0 Å². The third-order valence-corrected chi connectivity index (χ3v) is 3.30. The van der Waals surface area contributed by atoms with Gasteiger partial charge in [0.25, 0.3) is 10.0 Å². The summed E-state index contributed by atoms with van der Waals surface area (Å²) in [5.74, 6) is 0.171. The maximum Gasteiger partial charge on any atom is 0.253 e. The molecule has 0 bridgehead atoms. The zero-order valence-corrected chi connectivity index (χ0v) is 8.71. The van der Waals surface area contributed by atoms with Crippen molar-refractivity contribution in [1.82, 2.24) is 9.19 Å². The summed E-state index contributed by atoms with van der Waals surface area (Å²) in [7, 11) is -3.20. The third kappa shape index (κ3) is 2.55. The van der Waals surface area contributed by atoms with Crippen LogP contribution in [0.5, 0.6) is 0 Å². The second-order valence-corrected chi connectivity index (χ2v) is 5.01. The van der Waals surface area contributed by atoms with E-state index >= 15 is 0 Å². The molecule has 0 saturated carbocycles. The standard InChI is InChI=1S/C8H14N2O2S/c1-3-4-5-13(11,12)10-7-8(2)6-9-10/h6-7H,3-5H2,1-2H3. The molecule has 0 radical (unpaired) electrons. The van der Waals surface area contributed by atoms with E-state index < -0.39 is 10.0 Å². The molecular formula is C8H14N2O2S.